The fourth-order valence-corrected chi connectivity index (χ4v) is 3.76. The van der Waals surface area contributed by atoms with Crippen LogP contribution < -0.4 is 4.74 Å². The van der Waals surface area contributed by atoms with Crippen LogP contribution in [0.4, 0.5) is 0 Å². The summed E-state index contributed by atoms with van der Waals surface area (Å²) in [6, 6.07) is 19.8. The number of benzene rings is 3. The number of carboxylic acids is 1. The smallest absolute Gasteiger partial charge is 0.335 e. The maximum absolute atomic E-state index is 12.7. The third-order valence-electron chi connectivity index (χ3n) is 5.46. The van der Waals surface area contributed by atoms with Crippen molar-refractivity contribution in [1.29, 1.82) is 0 Å². The highest BCUT2D eigenvalue weighted by Gasteiger charge is 2.15. The van der Waals surface area contributed by atoms with E-state index in [1.165, 1.54) is 0 Å². The summed E-state index contributed by atoms with van der Waals surface area (Å²) in [5.74, 6) is -0.146. The minimum Gasteiger partial charge on any atom is -0.497 e. The number of carbonyl (C=O) groups excluding carboxylic acids is 1. The quantitative estimate of drug-likeness (QED) is 0.372. The van der Waals surface area contributed by atoms with Crippen molar-refractivity contribution in [3.8, 4) is 5.75 Å². The van der Waals surface area contributed by atoms with Gasteiger partial charge in [-0.15, -0.1) is 0 Å². The Morgan fingerprint density at radius 3 is 2.21 bits per heavy atom. The van der Waals surface area contributed by atoms with E-state index < -0.39 is 5.97 Å². The molecule has 5 nitrogen and oxygen atoms in total. The van der Waals surface area contributed by atoms with Crippen LogP contribution in [0.5, 0.6) is 5.75 Å². The van der Waals surface area contributed by atoms with E-state index in [-0.39, 0.29) is 5.91 Å². The summed E-state index contributed by atoms with van der Waals surface area (Å²) >= 11 is 5.87. The van der Waals surface area contributed by atoms with E-state index in [9.17, 15) is 9.59 Å². The van der Waals surface area contributed by atoms with Crippen molar-refractivity contribution in [2.24, 2.45) is 0 Å². The van der Waals surface area contributed by atoms with Crippen LogP contribution in [0.2, 0.25) is 5.02 Å². The molecule has 0 atom stereocenters. The van der Waals surface area contributed by atoms with Crippen LogP contribution in [0.15, 0.2) is 66.7 Å². The molecule has 0 aliphatic rings. The Balaban J connectivity index is 0.000000218. The van der Waals surface area contributed by atoms with Crippen LogP contribution in [0.25, 0.3) is 10.9 Å². The van der Waals surface area contributed by atoms with E-state index in [0.717, 1.165) is 39.9 Å². The average molecular weight is 464 g/mol. The predicted molar refractivity (Wildman–Crippen MR) is 132 cm³/mol. The molecular formula is C27H26ClNO4. The molecule has 0 fully saturated rings. The second-order valence-corrected chi connectivity index (χ2v) is 8.09. The van der Waals surface area contributed by atoms with Gasteiger partial charge in [-0.05, 0) is 92.1 Å². The summed E-state index contributed by atoms with van der Waals surface area (Å²) < 4.78 is 6.93. The molecule has 0 radical (unpaired) electrons. The molecule has 170 valence electrons. The Hall–Kier alpha value is -3.57. The van der Waals surface area contributed by atoms with Crippen LogP contribution in [0.1, 0.15) is 44.5 Å². The van der Waals surface area contributed by atoms with Crippen molar-refractivity contribution >= 4 is 34.4 Å². The lowest BCUT2D eigenvalue weighted by Crippen LogP contribution is -2.13. The molecule has 0 aliphatic heterocycles. The number of halogens is 1. The summed E-state index contributed by atoms with van der Waals surface area (Å²) in [7, 11) is 1.63. The monoisotopic (exact) mass is 463 g/mol. The number of fused-ring (bicyclic) bond motifs is 1. The van der Waals surface area contributed by atoms with Crippen LogP contribution >= 0.6 is 11.6 Å². The molecule has 3 aromatic carbocycles. The molecule has 0 unspecified atom stereocenters. The zero-order valence-electron chi connectivity index (χ0n) is 19.1. The van der Waals surface area contributed by atoms with Gasteiger partial charge in [0.2, 0.25) is 0 Å². The normalized spacial score (nSPS) is 10.5. The lowest BCUT2D eigenvalue weighted by Gasteiger charge is -2.07. The van der Waals surface area contributed by atoms with Crippen LogP contribution in [0.3, 0.4) is 0 Å². The highest BCUT2D eigenvalue weighted by atomic mass is 35.5. The number of rotatable bonds is 4. The van der Waals surface area contributed by atoms with E-state index in [2.05, 4.69) is 0 Å². The van der Waals surface area contributed by atoms with Gasteiger partial charge in [0.1, 0.15) is 5.75 Å². The maximum Gasteiger partial charge on any atom is 0.335 e. The molecule has 1 N–H and O–H groups in total. The standard InChI is InChI=1S/C17H14ClNO2.C10H12O2/c1-11-9-13-10-15(21-2)7-8-16(13)19(11)17(20)12-3-5-14(18)6-4-12;1-3-8-6-9(10(11)12)5-4-7(8)2/h3-10H,1-2H3;4-6H,3H2,1-2H3,(H,11,12). The van der Waals surface area contributed by atoms with Gasteiger partial charge >= 0.3 is 5.97 Å². The van der Waals surface area contributed by atoms with Crippen molar-refractivity contribution in [1.82, 2.24) is 4.57 Å². The van der Waals surface area contributed by atoms with Gasteiger partial charge in [-0.3, -0.25) is 9.36 Å². The summed E-state index contributed by atoms with van der Waals surface area (Å²) in [5, 5.41) is 10.3. The fourth-order valence-electron chi connectivity index (χ4n) is 3.63. The summed E-state index contributed by atoms with van der Waals surface area (Å²) in [4.78, 5) is 23.3. The van der Waals surface area contributed by atoms with E-state index in [1.54, 1.807) is 48.1 Å². The van der Waals surface area contributed by atoms with Crippen molar-refractivity contribution in [2.75, 3.05) is 7.11 Å². The maximum atomic E-state index is 12.7. The topological polar surface area (TPSA) is 68.5 Å². The SMILES string of the molecule is CCc1cc(C(=O)O)ccc1C.COc1ccc2c(c1)cc(C)n2C(=O)c1ccc(Cl)cc1. The zero-order chi connectivity index (χ0) is 24.1. The largest absolute Gasteiger partial charge is 0.497 e. The first-order chi connectivity index (χ1) is 15.7. The Kier molecular flexibility index (Phi) is 7.56. The molecule has 4 aromatic rings. The number of aromatic nitrogens is 1. The lowest BCUT2D eigenvalue weighted by atomic mass is 10.0. The van der Waals surface area contributed by atoms with Gasteiger partial charge in [-0.25, -0.2) is 4.79 Å². The lowest BCUT2D eigenvalue weighted by molar-refractivity contribution is 0.0696. The minimum absolute atomic E-state index is 0.0654. The summed E-state index contributed by atoms with van der Waals surface area (Å²) in [6.45, 7) is 5.93. The summed E-state index contributed by atoms with van der Waals surface area (Å²) in [6.07, 6.45) is 0.882. The van der Waals surface area contributed by atoms with Gasteiger partial charge in [-0.2, -0.15) is 0 Å². The molecule has 1 aromatic heterocycles. The van der Waals surface area contributed by atoms with Gasteiger partial charge < -0.3 is 9.84 Å². The Morgan fingerprint density at radius 2 is 1.61 bits per heavy atom. The number of carboxylic acid groups (broad SMARTS) is 1. The van der Waals surface area contributed by atoms with Crippen molar-refractivity contribution in [3.05, 3.63) is 99.7 Å². The Bertz CT molecular complexity index is 1310. The molecule has 4 rings (SSSR count). The first kappa shape index (κ1) is 24.1. The van der Waals surface area contributed by atoms with Crippen molar-refractivity contribution in [2.45, 2.75) is 27.2 Å². The van der Waals surface area contributed by atoms with Crippen molar-refractivity contribution in [3.63, 3.8) is 0 Å². The third kappa shape index (κ3) is 5.44. The second kappa shape index (κ2) is 10.4. The van der Waals surface area contributed by atoms with E-state index in [4.69, 9.17) is 21.4 Å². The van der Waals surface area contributed by atoms with Gasteiger partial charge in [0.25, 0.3) is 5.91 Å². The van der Waals surface area contributed by atoms with Crippen LogP contribution in [-0.4, -0.2) is 28.7 Å². The Labute approximate surface area is 198 Å². The van der Waals surface area contributed by atoms with E-state index >= 15 is 0 Å². The molecular weight excluding hydrogens is 438 g/mol. The van der Waals surface area contributed by atoms with Crippen LogP contribution in [0, 0.1) is 13.8 Å². The molecule has 1 heterocycles. The zero-order valence-corrected chi connectivity index (χ0v) is 19.8. The van der Waals surface area contributed by atoms with Crippen LogP contribution in [-0.2, 0) is 6.42 Å². The molecule has 33 heavy (non-hydrogen) atoms. The van der Waals surface area contributed by atoms with Gasteiger partial charge in [0, 0.05) is 21.7 Å². The number of aryl methyl sites for hydroxylation is 3. The predicted octanol–water partition coefficient (Wildman–Crippen LogP) is 6.56. The number of hydrogen-bond donors (Lipinski definition) is 1. The Morgan fingerprint density at radius 1 is 0.939 bits per heavy atom. The summed E-state index contributed by atoms with van der Waals surface area (Å²) in [5.41, 5.74) is 5.00. The second-order valence-electron chi connectivity index (χ2n) is 7.66. The molecule has 0 bridgehead atoms. The number of nitrogens with zero attached hydrogens (tertiary/aromatic N) is 1. The van der Waals surface area contributed by atoms with Gasteiger partial charge in [0.15, 0.2) is 0 Å². The fraction of sp³-hybridized carbons (Fsp3) is 0.185. The first-order valence-electron chi connectivity index (χ1n) is 10.5. The molecule has 6 heteroatoms. The van der Waals surface area contributed by atoms with E-state index in [0.29, 0.717) is 16.1 Å². The number of carbonyl (C=O) groups is 2. The number of ether oxygens (including phenoxy) is 1. The minimum atomic E-state index is -0.857. The van der Waals surface area contributed by atoms with E-state index in [1.807, 2.05) is 51.1 Å². The number of hydrogen-bond acceptors (Lipinski definition) is 3. The van der Waals surface area contributed by atoms with Gasteiger partial charge in [0.05, 0.1) is 18.2 Å². The van der Waals surface area contributed by atoms with Gasteiger partial charge in [-0.1, -0.05) is 24.6 Å². The molecule has 0 aliphatic carbocycles. The first-order valence-corrected chi connectivity index (χ1v) is 10.9. The molecule has 0 spiro atoms. The number of aromatic carboxylic acids is 1. The molecule has 0 amide bonds. The third-order valence-corrected chi connectivity index (χ3v) is 5.72. The molecule has 0 saturated heterocycles. The highest BCUT2D eigenvalue weighted by molar-refractivity contribution is 6.30. The molecule has 0 saturated carbocycles. The number of methoxy groups -OCH3 is 1. The average Bonchev–Trinajstić information content (AvgIpc) is 3.14. The van der Waals surface area contributed by atoms with Crippen molar-refractivity contribution < 1.29 is 19.4 Å². The highest BCUT2D eigenvalue weighted by Crippen LogP contribution is 2.25.